The van der Waals surface area contributed by atoms with Crippen molar-refractivity contribution in [2.75, 3.05) is 4.90 Å². The zero-order valence-corrected chi connectivity index (χ0v) is 29.3. The van der Waals surface area contributed by atoms with Crippen molar-refractivity contribution in [2.24, 2.45) is 4.99 Å². The Morgan fingerprint density at radius 3 is 2.08 bits per heavy atom. The monoisotopic (exact) mass is 697 g/mol. The Bertz CT molecular complexity index is 2930. The Hall–Kier alpha value is -6.56. The van der Waals surface area contributed by atoms with Crippen LogP contribution >= 0.6 is 11.8 Å². The van der Waals surface area contributed by atoms with Gasteiger partial charge in [-0.3, -0.25) is 0 Å². The molecule has 5 heteroatoms. The van der Waals surface area contributed by atoms with Crippen LogP contribution in [0.2, 0.25) is 0 Å². The molecule has 11 rings (SSSR count). The van der Waals surface area contributed by atoms with Crippen LogP contribution in [0.4, 0.5) is 17.1 Å². The van der Waals surface area contributed by atoms with E-state index in [0.717, 1.165) is 72.4 Å². The van der Waals surface area contributed by atoms with Gasteiger partial charge < -0.3 is 14.6 Å². The molecule has 1 atom stereocenters. The number of fused-ring (bicyclic) bond motifs is 9. The maximum Gasteiger partial charge on any atom is 0.143 e. The van der Waals surface area contributed by atoms with Crippen molar-refractivity contribution in [3.63, 3.8) is 0 Å². The van der Waals surface area contributed by atoms with Crippen molar-refractivity contribution in [3.05, 3.63) is 198 Å². The quantitative estimate of drug-likeness (QED) is 0.194. The predicted molar refractivity (Wildman–Crippen MR) is 221 cm³/mol. The van der Waals surface area contributed by atoms with Crippen LogP contribution in [0.5, 0.6) is 0 Å². The molecule has 1 aromatic heterocycles. The van der Waals surface area contributed by atoms with E-state index in [2.05, 4.69) is 186 Å². The predicted octanol–water partition coefficient (Wildman–Crippen LogP) is 12.9. The highest BCUT2D eigenvalue weighted by atomic mass is 32.2. The third-order valence-electron chi connectivity index (χ3n) is 10.5. The van der Waals surface area contributed by atoms with Crippen molar-refractivity contribution >= 4 is 83.8 Å². The van der Waals surface area contributed by atoms with Crippen molar-refractivity contribution in [1.82, 2.24) is 5.32 Å². The summed E-state index contributed by atoms with van der Waals surface area (Å²) >= 11 is 1.82. The molecule has 0 saturated heterocycles. The normalized spacial score (nSPS) is 15.1. The van der Waals surface area contributed by atoms with E-state index in [4.69, 9.17) is 9.41 Å². The number of anilines is 3. The highest BCUT2D eigenvalue weighted by Crippen LogP contribution is 2.52. The van der Waals surface area contributed by atoms with Crippen LogP contribution in [0.15, 0.2) is 195 Å². The summed E-state index contributed by atoms with van der Waals surface area (Å²) in [7, 11) is 0. The van der Waals surface area contributed by atoms with Gasteiger partial charge in [0.1, 0.15) is 17.0 Å². The number of rotatable bonds is 5. The smallest absolute Gasteiger partial charge is 0.143 e. The van der Waals surface area contributed by atoms with Gasteiger partial charge in [0.15, 0.2) is 0 Å². The van der Waals surface area contributed by atoms with Crippen molar-refractivity contribution in [1.29, 1.82) is 0 Å². The number of para-hydroxylation sites is 2. The van der Waals surface area contributed by atoms with Gasteiger partial charge in [-0.15, -0.1) is 0 Å². The molecular formula is C48H31N3OS. The number of aliphatic imine (C=N–C) groups is 1. The molecule has 0 saturated carbocycles. The van der Waals surface area contributed by atoms with E-state index in [1.807, 2.05) is 11.8 Å². The third-order valence-corrected chi connectivity index (χ3v) is 11.7. The van der Waals surface area contributed by atoms with E-state index < -0.39 is 0 Å². The lowest BCUT2D eigenvalue weighted by atomic mass is 9.96. The van der Waals surface area contributed by atoms with Gasteiger partial charge in [0, 0.05) is 60.2 Å². The lowest BCUT2D eigenvalue weighted by Gasteiger charge is -2.26. The number of furan rings is 1. The van der Waals surface area contributed by atoms with E-state index in [1.165, 1.54) is 26.1 Å². The van der Waals surface area contributed by atoms with Gasteiger partial charge in [-0.2, -0.15) is 0 Å². The number of nitrogens with one attached hydrogen (secondary N) is 1. The largest absolute Gasteiger partial charge is 0.455 e. The minimum Gasteiger partial charge on any atom is -0.455 e. The molecule has 250 valence electrons. The summed E-state index contributed by atoms with van der Waals surface area (Å²) in [6.07, 6.45) is 0. The van der Waals surface area contributed by atoms with Gasteiger partial charge in [0.25, 0.3) is 0 Å². The molecule has 0 radical (unpaired) electrons. The van der Waals surface area contributed by atoms with Crippen molar-refractivity contribution in [2.45, 2.75) is 10.9 Å². The van der Waals surface area contributed by atoms with Crippen molar-refractivity contribution < 1.29 is 4.42 Å². The van der Waals surface area contributed by atoms with Gasteiger partial charge in [0.05, 0.1) is 11.7 Å². The first-order chi connectivity index (χ1) is 26.3. The average Bonchev–Trinajstić information content (AvgIpc) is 3.80. The number of amidine groups is 1. The van der Waals surface area contributed by atoms with Gasteiger partial charge >= 0.3 is 0 Å². The fourth-order valence-corrected chi connectivity index (χ4v) is 9.25. The summed E-state index contributed by atoms with van der Waals surface area (Å²) in [6.45, 7) is 0. The van der Waals surface area contributed by atoms with Crippen LogP contribution in [-0.4, -0.2) is 5.84 Å². The molecule has 0 spiro atoms. The first kappa shape index (κ1) is 30.1. The van der Waals surface area contributed by atoms with Crippen LogP contribution in [0.1, 0.15) is 22.7 Å². The minimum absolute atomic E-state index is 0.0123. The van der Waals surface area contributed by atoms with Crippen LogP contribution in [-0.2, 0) is 0 Å². The summed E-state index contributed by atoms with van der Waals surface area (Å²) in [5.41, 5.74) is 9.31. The Labute approximate surface area is 310 Å². The second-order valence-corrected chi connectivity index (χ2v) is 14.7. The molecule has 0 aliphatic carbocycles. The molecule has 9 aromatic rings. The molecule has 3 heterocycles. The summed E-state index contributed by atoms with van der Waals surface area (Å²) < 4.78 is 6.94. The molecule has 1 N–H and O–H groups in total. The maximum absolute atomic E-state index is 6.94. The number of thioether (sulfide) groups is 1. The molecular weight excluding hydrogens is 667 g/mol. The highest BCUT2D eigenvalue weighted by Gasteiger charge is 2.36. The van der Waals surface area contributed by atoms with Crippen LogP contribution < -0.4 is 10.2 Å². The Kier molecular flexibility index (Phi) is 6.82. The summed E-state index contributed by atoms with van der Waals surface area (Å²) in [5.74, 6) is 0.844. The van der Waals surface area contributed by atoms with Crippen LogP contribution in [0, 0.1) is 0 Å². The van der Waals surface area contributed by atoms with E-state index in [0.29, 0.717) is 0 Å². The van der Waals surface area contributed by atoms with Gasteiger partial charge in [-0.25, -0.2) is 4.99 Å². The molecule has 0 amide bonds. The molecule has 8 aromatic carbocycles. The highest BCUT2D eigenvalue weighted by molar-refractivity contribution is 8.03. The summed E-state index contributed by atoms with van der Waals surface area (Å²) in [6, 6.07) is 62.3. The molecule has 53 heavy (non-hydrogen) atoms. The van der Waals surface area contributed by atoms with Gasteiger partial charge in [-0.1, -0.05) is 127 Å². The van der Waals surface area contributed by atoms with E-state index in [9.17, 15) is 0 Å². The number of nitrogens with zero attached hydrogens (tertiary/aromatic N) is 2. The van der Waals surface area contributed by atoms with Crippen LogP contribution in [0.3, 0.4) is 0 Å². The standard InChI is InChI=1S/C48H31N3OS/c1-3-16-34(17-4-1)51(35-18-5-2-6-19-35)36-25-26-38-41(29-36)52-46-37-20-10-9-15-32(37)28-40(43(38)46)48-49-44(33-24-23-30-13-7-8-14-31(30)27-33)47-45(50-48)39-21-11-12-22-42(39)53-47/h1-29,45H,(H,49,50). The van der Waals surface area contributed by atoms with E-state index in [1.54, 1.807) is 0 Å². The Balaban J connectivity index is 1.14. The van der Waals surface area contributed by atoms with Gasteiger partial charge in [0.2, 0.25) is 0 Å². The second-order valence-electron chi connectivity index (χ2n) is 13.6. The summed E-state index contributed by atoms with van der Waals surface area (Å²) in [5, 5.41) is 10.7. The second kappa shape index (κ2) is 12.0. The zero-order chi connectivity index (χ0) is 34.9. The average molecular weight is 698 g/mol. The molecule has 2 aliphatic rings. The molecule has 0 fully saturated rings. The fraction of sp³-hybridized carbons (Fsp3) is 0.0208. The lowest BCUT2D eigenvalue weighted by Crippen LogP contribution is -2.32. The number of hydrogen-bond acceptors (Lipinski definition) is 5. The lowest BCUT2D eigenvalue weighted by molar-refractivity contribution is 0.672. The molecule has 0 bridgehead atoms. The first-order valence-corrected chi connectivity index (χ1v) is 18.7. The minimum atomic E-state index is -0.0123. The number of hydrogen-bond donors (Lipinski definition) is 1. The Morgan fingerprint density at radius 1 is 0.566 bits per heavy atom. The number of benzene rings is 8. The zero-order valence-electron chi connectivity index (χ0n) is 28.5. The summed E-state index contributed by atoms with van der Waals surface area (Å²) in [4.78, 5) is 10.3. The first-order valence-electron chi connectivity index (χ1n) is 17.9. The van der Waals surface area contributed by atoms with E-state index >= 15 is 0 Å². The van der Waals surface area contributed by atoms with Crippen molar-refractivity contribution in [3.8, 4) is 0 Å². The topological polar surface area (TPSA) is 40.8 Å². The van der Waals surface area contributed by atoms with E-state index in [-0.39, 0.29) is 6.04 Å². The Morgan fingerprint density at radius 2 is 1.26 bits per heavy atom. The molecule has 1 unspecified atom stereocenters. The van der Waals surface area contributed by atoms with Gasteiger partial charge in [-0.05, 0) is 76.3 Å². The maximum atomic E-state index is 6.94. The van der Waals surface area contributed by atoms with Crippen LogP contribution in [0.25, 0.3) is 49.2 Å². The fourth-order valence-electron chi connectivity index (χ4n) is 8.00. The SMILES string of the molecule is c1ccc(N(c2ccccc2)c2ccc3c(c2)oc2c4ccccc4cc(C4=NC(c5ccc6ccccc6c5)=C5Sc6ccccc6C5N4)c32)cc1. The molecule has 2 aliphatic heterocycles. The third kappa shape index (κ3) is 4.89. The molecule has 4 nitrogen and oxygen atoms in total.